The third-order valence-corrected chi connectivity index (χ3v) is 7.01. The summed E-state index contributed by atoms with van der Waals surface area (Å²) >= 11 is 0. The number of hydrogen-bond acceptors (Lipinski definition) is 10. The molecule has 46 heavy (non-hydrogen) atoms. The van der Waals surface area contributed by atoms with E-state index in [-0.39, 0.29) is 28.9 Å². The van der Waals surface area contributed by atoms with Gasteiger partial charge >= 0.3 is 12.2 Å². The topological polar surface area (TPSA) is 157 Å². The zero-order valence-corrected chi connectivity index (χ0v) is 28.0. The van der Waals surface area contributed by atoms with E-state index in [4.69, 9.17) is 18.6 Å². The predicted octanol–water partition coefficient (Wildman–Crippen LogP) is 6.14. The fourth-order valence-corrected chi connectivity index (χ4v) is 5.34. The van der Waals surface area contributed by atoms with E-state index in [1.54, 1.807) is 52.5 Å². The molecular weight excluding hydrogens is 592 g/mol. The molecule has 1 saturated heterocycles. The number of furan rings is 1. The number of carbonyl (C=O) groups excluding carboxylic acids is 3. The van der Waals surface area contributed by atoms with Crippen molar-refractivity contribution in [3.05, 3.63) is 41.9 Å². The van der Waals surface area contributed by atoms with Gasteiger partial charge in [-0.3, -0.25) is 20.1 Å². The van der Waals surface area contributed by atoms with Crippen molar-refractivity contribution in [2.24, 2.45) is 5.92 Å². The van der Waals surface area contributed by atoms with Gasteiger partial charge in [-0.2, -0.15) is 0 Å². The first-order valence-corrected chi connectivity index (χ1v) is 15.5. The number of ether oxygens (including phenoxy) is 3. The fourth-order valence-electron chi connectivity index (χ4n) is 5.34. The second-order valence-corrected chi connectivity index (χ2v) is 13.7. The van der Waals surface area contributed by atoms with Gasteiger partial charge in [0, 0.05) is 45.2 Å². The highest BCUT2D eigenvalue weighted by Gasteiger charge is 2.31. The summed E-state index contributed by atoms with van der Waals surface area (Å²) in [6, 6.07) is 3.45. The molecule has 1 fully saturated rings. The molecule has 3 amide bonds. The molecule has 1 unspecified atom stereocenters. The average molecular weight is 639 g/mol. The Hall–Kier alpha value is -4.39. The van der Waals surface area contributed by atoms with E-state index in [9.17, 15) is 14.4 Å². The first-order valence-electron chi connectivity index (χ1n) is 15.5. The van der Waals surface area contributed by atoms with E-state index >= 15 is 0 Å². The molecule has 0 saturated carbocycles. The van der Waals surface area contributed by atoms with E-state index in [1.807, 2.05) is 26.8 Å². The molecule has 4 rings (SSSR count). The molecule has 0 radical (unpaired) electrons. The number of nitrogens with one attached hydrogen (secondary N) is 3. The SMILES string of the molecule is COCCCc1cnc2c(C(=O)Nc3cnccc3N3CC(NC(=O)OC(C)(C)C)C[C@@H](C)C3)c(NC(=O)OC(C)(C)C)oc2c1. The van der Waals surface area contributed by atoms with Crippen LogP contribution >= 0.6 is 0 Å². The van der Waals surface area contributed by atoms with Gasteiger partial charge in [-0.1, -0.05) is 6.92 Å². The first kappa shape index (κ1) is 34.5. The highest BCUT2D eigenvalue weighted by molar-refractivity contribution is 6.16. The number of rotatable bonds is 9. The van der Waals surface area contributed by atoms with Crippen LogP contribution in [0.15, 0.2) is 35.1 Å². The minimum absolute atomic E-state index is 0.0515. The Labute approximate surface area is 269 Å². The van der Waals surface area contributed by atoms with Gasteiger partial charge in [-0.25, -0.2) is 9.59 Å². The lowest BCUT2D eigenvalue weighted by Gasteiger charge is -2.39. The van der Waals surface area contributed by atoms with Crippen molar-refractivity contribution in [1.29, 1.82) is 0 Å². The summed E-state index contributed by atoms with van der Waals surface area (Å²) in [5, 5.41) is 8.54. The predicted molar refractivity (Wildman–Crippen MR) is 175 cm³/mol. The van der Waals surface area contributed by atoms with Gasteiger partial charge in [0.1, 0.15) is 22.3 Å². The molecule has 13 heteroatoms. The highest BCUT2D eigenvalue weighted by atomic mass is 16.6. The molecule has 0 aromatic carbocycles. The van der Waals surface area contributed by atoms with E-state index in [2.05, 4.69) is 37.7 Å². The molecule has 250 valence electrons. The molecule has 13 nitrogen and oxygen atoms in total. The Morgan fingerprint density at radius 3 is 2.43 bits per heavy atom. The Balaban J connectivity index is 1.61. The number of alkyl carbamates (subject to hydrolysis) is 1. The number of amides is 3. The zero-order chi connectivity index (χ0) is 33.6. The van der Waals surface area contributed by atoms with Gasteiger partial charge in [-0.05, 0) is 84.4 Å². The normalized spacial score (nSPS) is 17.0. The van der Waals surface area contributed by atoms with E-state index in [0.717, 1.165) is 24.1 Å². The summed E-state index contributed by atoms with van der Waals surface area (Å²) in [4.78, 5) is 50.1. The van der Waals surface area contributed by atoms with Crippen molar-refractivity contribution < 1.29 is 33.0 Å². The molecule has 3 aromatic heterocycles. The maximum Gasteiger partial charge on any atom is 0.414 e. The zero-order valence-electron chi connectivity index (χ0n) is 28.0. The number of piperidine rings is 1. The summed E-state index contributed by atoms with van der Waals surface area (Å²) in [5.74, 6) is -0.385. The minimum atomic E-state index is -0.770. The van der Waals surface area contributed by atoms with Crippen LogP contribution < -0.4 is 20.9 Å². The lowest BCUT2D eigenvalue weighted by atomic mass is 9.95. The third kappa shape index (κ3) is 9.56. The molecule has 3 aromatic rings. The molecule has 0 spiro atoms. The van der Waals surface area contributed by atoms with Gasteiger partial charge in [0.25, 0.3) is 5.91 Å². The van der Waals surface area contributed by atoms with E-state index in [1.165, 1.54) is 0 Å². The van der Waals surface area contributed by atoms with Gasteiger partial charge in [0.2, 0.25) is 5.88 Å². The number of anilines is 3. The lowest BCUT2D eigenvalue weighted by molar-refractivity contribution is 0.0494. The molecule has 1 aliphatic heterocycles. The van der Waals surface area contributed by atoms with Crippen molar-refractivity contribution in [2.75, 3.05) is 42.3 Å². The maximum atomic E-state index is 14.0. The van der Waals surface area contributed by atoms with Crippen LogP contribution in [0.3, 0.4) is 0 Å². The van der Waals surface area contributed by atoms with Crippen LogP contribution in [0.4, 0.5) is 26.8 Å². The number of methoxy groups -OCH3 is 1. The van der Waals surface area contributed by atoms with Gasteiger partial charge in [0.15, 0.2) is 5.58 Å². The summed E-state index contributed by atoms with van der Waals surface area (Å²) < 4.78 is 22.0. The van der Waals surface area contributed by atoms with Crippen LogP contribution in [0, 0.1) is 5.92 Å². The smallest absolute Gasteiger partial charge is 0.414 e. The number of fused-ring (bicyclic) bond motifs is 1. The molecule has 4 heterocycles. The summed E-state index contributed by atoms with van der Waals surface area (Å²) in [7, 11) is 1.65. The Morgan fingerprint density at radius 2 is 1.74 bits per heavy atom. The van der Waals surface area contributed by atoms with E-state index in [0.29, 0.717) is 37.4 Å². The summed E-state index contributed by atoms with van der Waals surface area (Å²) in [6.07, 6.45) is 5.92. The number of aromatic nitrogens is 2. The van der Waals surface area contributed by atoms with Gasteiger partial charge < -0.3 is 34.2 Å². The summed E-state index contributed by atoms with van der Waals surface area (Å²) in [6.45, 7) is 14.6. The monoisotopic (exact) mass is 638 g/mol. The third-order valence-electron chi connectivity index (χ3n) is 7.01. The molecular formula is C33H46N6O7. The standard InChI is InChI=1S/C33H46N6O7/c1-20-14-22(36-30(41)45-32(2,3)4)19-39(18-20)24-11-12-34-17-23(24)37-28(40)26-27-25(15-21(16-35-27)10-9-13-43-8)44-29(26)38-31(42)46-33(5,6)7/h11-12,15-17,20,22H,9-10,13-14,18-19H2,1-8H3,(H,36,41)(H,37,40)(H,38,42)/t20-,22?/m1/s1. The second-order valence-electron chi connectivity index (χ2n) is 13.7. The minimum Gasteiger partial charge on any atom is -0.444 e. The van der Waals surface area contributed by atoms with Gasteiger partial charge in [0.05, 0.1) is 17.6 Å². The Kier molecular flexibility index (Phi) is 10.8. The first-order chi connectivity index (χ1) is 21.6. The van der Waals surface area contributed by atoms with Crippen LogP contribution in [0.5, 0.6) is 0 Å². The number of aryl methyl sites for hydroxylation is 1. The largest absolute Gasteiger partial charge is 0.444 e. The molecule has 0 bridgehead atoms. The molecule has 3 N–H and O–H groups in total. The van der Waals surface area contributed by atoms with E-state index < -0.39 is 29.3 Å². The number of pyridine rings is 2. The van der Waals surface area contributed by atoms with Crippen LogP contribution in [0.2, 0.25) is 0 Å². The van der Waals surface area contributed by atoms with Crippen LogP contribution in [0.25, 0.3) is 11.1 Å². The molecule has 0 aliphatic carbocycles. The van der Waals surface area contributed by atoms with Crippen molar-refractivity contribution in [2.45, 2.75) is 85.0 Å². The quantitative estimate of drug-likeness (QED) is 0.233. The number of hydrogen-bond donors (Lipinski definition) is 3. The van der Waals surface area contributed by atoms with Crippen molar-refractivity contribution in [1.82, 2.24) is 15.3 Å². The van der Waals surface area contributed by atoms with Crippen molar-refractivity contribution in [3.63, 3.8) is 0 Å². The van der Waals surface area contributed by atoms with Crippen LogP contribution in [-0.4, -0.2) is 72.1 Å². The van der Waals surface area contributed by atoms with Crippen molar-refractivity contribution in [3.8, 4) is 0 Å². The fraction of sp³-hybridized carbons (Fsp3) is 0.545. The number of carbonyl (C=O) groups is 3. The summed E-state index contributed by atoms with van der Waals surface area (Å²) in [5.41, 5.74) is 1.39. The van der Waals surface area contributed by atoms with Crippen molar-refractivity contribution >= 4 is 46.5 Å². The average Bonchev–Trinajstić information content (AvgIpc) is 3.27. The molecule has 1 aliphatic rings. The molecule has 2 atom stereocenters. The lowest BCUT2D eigenvalue weighted by Crippen LogP contribution is -2.51. The Bertz CT molecular complexity index is 1540. The van der Waals surface area contributed by atoms with Crippen LogP contribution in [0.1, 0.15) is 77.2 Å². The highest BCUT2D eigenvalue weighted by Crippen LogP contribution is 2.34. The van der Waals surface area contributed by atoms with Crippen LogP contribution in [-0.2, 0) is 20.6 Å². The number of nitrogens with zero attached hydrogens (tertiary/aromatic N) is 3. The maximum absolute atomic E-state index is 14.0. The van der Waals surface area contributed by atoms with Gasteiger partial charge in [-0.15, -0.1) is 0 Å². The second kappa shape index (κ2) is 14.4. The Morgan fingerprint density at radius 1 is 1.02 bits per heavy atom.